The van der Waals surface area contributed by atoms with E-state index in [1.54, 1.807) is 0 Å². The maximum atomic E-state index is 5.37. The van der Waals surface area contributed by atoms with Crippen LogP contribution in [0.2, 0.25) is 0 Å². The molecule has 0 saturated heterocycles. The third-order valence-electron chi connectivity index (χ3n) is 2.13. The summed E-state index contributed by atoms with van der Waals surface area (Å²) < 4.78 is 0. The average Bonchev–Trinajstić information content (AvgIpc) is 2.25. The van der Waals surface area contributed by atoms with Crippen LogP contribution in [0.4, 0.5) is 0 Å². The van der Waals surface area contributed by atoms with Crippen molar-refractivity contribution < 1.29 is 0 Å². The first kappa shape index (κ1) is 11.0. The maximum absolute atomic E-state index is 5.37. The molecule has 0 aromatic heterocycles. The fourth-order valence-electron chi connectivity index (χ4n) is 1.28. The Morgan fingerprint density at radius 2 is 1.93 bits per heavy atom. The SMILES string of the molecule is C=Cc1ccc(CCNCCN)cc1. The summed E-state index contributed by atoms with van der Waals surface area (Å²) in [5.74, 6) is 0. The van der Waals surface area contributed by atoms with Gasteiger partial charge in [0.15, 0.2) is 0 Å². The zero-order valence-electron chi connectivity index (χ0n) is 8.50. The summed E-state index contributed by atoms with van der Waals surface area (Å²) in [5, 5.41) is 3.27. The molecule has 1 rings (SSSR count). The highest BCUT2D eigenvalue weighted by atomic mass is 14.9. The third-order valence-corrected chi connectivity index (χ3v) is 2.13. The minimum absolute atomic E-state index is 0.704. The van der Waals surface area contributed by atoms with E-state index in [0.29, 0.717) is 6.54 Å². The van der Waals surface area contributed by atoms with Crippen molar-refractivity contribution in [3.63, 3.8) is 0 Å². The van der Waals surface area contributed by atoms with Gasteiger partial charge in [0.05, 0.1) is 0 Å². The van der Waals surface area contributed by atoms with Crippen LogP contribution < -0.4 is 11.1 Å². The minimum Gasteiger partial charge on any atom is -0.329 e. The van der Waals surface area contributed by atoms with Gasteiger partial charge in [-0.3, -0.25) is 0 Å². The van der Waals surface area contributed by atoms with Crippen molar-refractivity contribution in [1.82, 2.24) is 5.32 Å². The van der Waals surface area contributed by atoms with Gasteiger partial charge in [0.2, 0.25) is 0 Å². The first-order valence-corrected chi connectivity index (χ1v) is 4.99. The van der Waals surface area contributed by atoms with Gasteiger partial charge in [0.1, 0.15) is 0 Å². The monoisotopic (exact) mass is 190 g/mol. The van der Waals surface area contributed by atoms with E-state index >= 15 is 0 Å². The Morgan fingerprint density at radius 1 is 1.21 bits per heavy atom. The van der Waals surface area contributed by atoms with Crippen molar-refractivity contribution >= 4 is 6.08 Å². The van der Waals surface area contributed by atoms with Gasteiger partial charge in [0.25, 0.3) is 0 Å². The van der Waals surface area contributed by atoms with Crippen LogP contribution in [0.5, 0.6) is 0 Å². The molecule has 1 aromatic rings. The van der Waals surface area contributed by atoms with Crippen LogP contribution in [0.3, 0.4) is 0 Å². The lowest BCUT2D eigenvalue weighted by Crippen LogP contribution is -2.24. The van der Waals surface area contributed by atoms with E-state index in [4.69, 9.17) is 5.73 Å². The van der Waals surface area contributed by atoms with Crippen LogP contribution in [0.1, 0.15) is 11.1 Å². The second-order valence-corrected chi connectivity index (χ2v) is 3.23. The van der Waals surface area contributed by atoms with Gasteiger partial charge in [-0.15, -0.1) is 0 Å². The molecule has 0 amide bonds. The van der Waals surface area contributed by atoms with Gasteiger partial charge in [0, 0.05) is 13.1 Å². The van der Waals surface area contributed by atoms with Gasteiger partial charge >= 0.3 is 0 Å². The Hall–Kier alpha value is -1.12. The fourth-order valence-corrected chi connectivity index (χ4v) is 1.28. The van der Waals surface area contributed by atoms with Crippen molar-refractivity contribution in [3.05, 3.63) is 42.0 Å². The molecule has 0 aliphatic heterocycles. The predicted octanol–water partition coefficient (Wildman–Crippen LogP) is 1.42. The lowest BCUT2D eigenvalue weighted by atomic mass is 10.1. The highest BCUT2D eigenvalue weighted by molar-refractivity contribution is 5.47. The summed E-state index contributed by atoms with van der Waals surface area (Å²) in [6.45, 7) is 6.31. The van der Waals surface area contributed by atoms with E-state index in [0.717, 1.165) is 19.5 Å². The molecule has 0 fully saturated rings. The summed E-state index contributed by atoms with van der Waals surface area (Å²) in [7, 11) is 0. The van der Waals surface area contributed by atoms with Crippen LogP contribution in [-0.2, 0) is 6.42 Å². The van der Waals surface area contributed by atoms with Gasteiger partial charge < -0.3 is 11.1 Å². The number of nitrogens with one attached hydrogen (secondary N) is 1. The molecule has 0 spiro atoms. The molecule has 0 radical (unpaired) electrons. The topological polar surface area (TPSA) is 38.0 Å². The second kappa shape index (κ2) is 6.35. The van der Waals surface area contributed by atoms with E-state index < -0.39 is 0 Å². The molecule has 1 aromatic carbocycles. The molecule has 0 heterocycles. The number of hydrogen-bond acceptors (Lipinski definition) is 2. The molecule has 0 unspecified atom stereocenters. The Balaban J connectivity index is 2.32. The number of rotatable bonds is 6. The highest BCUT2D eigenvalue weighted by Crippen LogP contribution is 2.05. The highest BCUT2D eigenvalue weighted by Gasteiger charge is 1.92. The molecule has 0 bridgehead atoms. The first-order valence-electron chi connectivity index (χ1n) is 4.99. The Labute approximate surface area is 85.8 Å². The van der Waals surface area contributed by atoms with E-state index in [9.17, 15) is 0 Å². The van der Waals surface area contributed by atoms with Gasteiger partial charge in [-0.2, -0.15) is 0 Å². The number of nitrogens with two attached hydrogens (primary N) is 1. The predicted molar refractivity (Wildman–Crippen MR) is 62.2 cm³/mol. The maximum Gasteiger partial charge on any atom is 0.00746 e. The van der Waals surface area contributed by atoms with Gasteiger partial charge in [-0.25, -0.2) is 0 Å². The van der Waals surface area contributed by atoms with E-state index in [1.807, 2.05) is 6.08 Å². The molecule has 2 heteroatoms. The van der Waals surface area contributed by atoms with E-state index in [1.165, 1.54) is 11.1 Å². The van der Waals surface area contributed by atoms with E-state index in [-0.39, 0.29) is 0 Å². The molecule has 14 heavy (non-hydrogen) atoms. The molecule has 3 N–H and O–H groups in total. The summed E-state index contributed by atoms with van der Waals surface area (Å²) >= 11 is 0. The standard InChI is InChI=1S/C12H18N2/c1-2-11-3-5-12(6-4-11)7-9-14-10-8-13/h2-6,14H,1,7-10,13H2. The molecule has 0 saturated carbocycles. The largest absolute Gasteiger partial charge is 0.329 e. The van der Waals surface area contributed by atoms with Crippen LogP contribution in [0.15, 0.2) is 30.8 Å². The van der Waals surface area contributed by atoms with E-state index in [2.05, 4.69) is 36.2 Å². The lowest BCUT2D eigenvalue weighted by molar-refractivity contribution is 0.689. The van der Waals surface area contributed by atoms with Crippen molar-refractivity contribution in [2.45, 2.75) is 6.42 Å². The fraction of sp³-hybridized carbons (Fsp3) is 0.333. The van der Waals surface area contributed by atoms with Crippen LogP contribution in [0, 0.1) is 0 Å². The van der Waals surface area contributed by atoms with Crippen LogP contribution in [0.25, 0.3) is 6.08 Å². The molecule has 76 valence electrons. The van der Waals surface area contributed by atoms with Crippen LogP contribution in [-0.4, -0.2) is 19.6 Å². The number of hydrogen-bond donors (Lipinski definition) is 2. The normalized spacial score (nSPS) is 10.1. The molecule has 0 atom stereocenters. The first-order chi connectivity index (χ1) is 6.86. The van der Waals surface area contributed by atoms with Crippen molar-refractivity contribution in [1.29, 1.82) is 0 Å². The quantitative estimate of drug-likeness (QED) is 0.666. The smallest absolute Gasteiger partial charge is 0.00746 e. The Kier molecular flexibility index (Phi) is 4.97. The molecular weight excluding hydrogens is 172 g/mol. The molecule has 0 aliphatic carbocycles. The van der Waals surface area contributed by atoms with Gasteiger partial charge in [-0.1, -0.05) is 36.9 Å². The summed E-state index contributed by atoms with van der Waals surface area (Å²) in [5.41, 5.74) is 7.89. The summed E-state index contributed by atoms with van der Waals surface area (Å²) in [6, 6.07) is 8.46. The molecular formula is C12H18N2. The second-order valence-electron chi connectivity index (χ2n) is 3.23. The Morgan fingerprint density at radius 3 is 2.50 bits per heavy atom. The third kappa shape index (κ3) is 3.73. The molecule has 2 nitrogen and oxygen atoms in total. The minimum atomic E-state index is 0.704. The number of benzene rings is 1. The lowest BCUT2D eigenvalue weighted by Gasteiger charge is -2.03. The average molecular weight is 190 g/mol. The zero-order chi connectivity index (χ0) is 10.2. The molecule has 0 aliphatic rings. The van der Waals surface area contributed by atoms with Crippen molar-refractivity contribution in [2.75, 3.05) is 19.6 Å². The van der Waals surface area contributed by atoms with Crippen molar-refractivity contribution in [3.8, 4) is 0 Å². The Bertz CT molecular complexity index is 264. The van der Waals surface area contributed by atoms with Gasteiger partial charge in [-0.05, 0) is 24.1 Å². The summed E-state index contributed by atoms with van der Waals surface area (Å²) in [6.07, 6.45) is 2.91. The van der Waals surface area contributed by atoms with Crippen LogP contribution >= 0.6 is 0 Å². The summed E-state index contributed by atoms with van der Waals surface area (Å²) in [4.78, 5) is 0. The van der Waals surface area contributed by atoms with Crippen molar-refractivity contribution in [2.24, 2.45) is 5.73 Å². The zero-order valence-corrected chi connectivity index (χ0v) is 8.50.